The average Bonchev–Trinajstić information content (AvgIpc) is 3.27. The fourth-order valence-corrected chi connectivity index (χ4v) is 4.94. The predicted molar refractivity (Wildman–Crippen MR) is 144 cm³/mol. The molecule has 0 spiro atoms. The van der Waals surface area contributed by atoms with Gasteiger partial charge in [-0.2, -0.15) is 0 Å². The van der Waals surface area contributed by atoms with E-state index in [-0.39, 0.29) is 17.7 Å². The van der Waals surface area contributed by atoms with Crippen LogP contribution in [0.3, 0.4) is 0 Å². The zero-order chi connectivity index (χ0) is 26.3. The van der Waals surface area contributed by atoms with Gasteiger partial charge in [-0.3, -0.25) is 19.4 Å². The van der Waals surface area contributed by atoms with Crippen molar-refractivity contribution in [3.63, 3.8) is 0 Å². The van der Waals surface area contributed by atoms with E-state index in [1.165, 1.54) is 0 Å². The molecule has 3 amide bonds. The van der Waals surface area contributed by atoms with Crippen molar-refractivity contribution in [2.24, 2.45) is 0 Å². The summed E-state index contributed by atoms with van der Waals surface area (Å²) in [7, 11) is 0. The van der Waals surface area contributed by atoms with Crippen LogP contribution in [0.25, 0.3) is 0 Å². The Labute approximate surface area is 222 Å². The maximum Gasteiger partial charge on any atom is 0.254 e. The van der Waals surface area contributed by atoms with Gasteiger partial charge in [0, 0.05) is 43.5 Å². The molecule has 0 radical (unpaired) electrons. The van der Waals surface area contributed by atoms with Crippen LogP contribution >= 0.6 is 0 Å². The van der Waals surface area contributed by atoms with Crippen molar-refractivity contribution in [1.82, 2.24) is 15.2 Å². The lowest BCUT2D eigenvalue weighted by atomic mass is 10.0. The maximum atomic E-state index is 13.8. The third kappa shape index (κ3) is 6.02. The Morgan fingerprint density at radius 2 is 1.82 bits per heavy atom. The van der Waals surface area contributed by atoms with Crippen LogP contribution in [-0.4, -0.2) is 46.7 Å². The van der Waals surface area contributed by atoms with Crippen molar-refractivity contribution in [2.45, 2.75) is 51.3 Å². The molecule has 2 aromatic carbocycles. The molecule has 8 heteroatoms. The van der Waals surface area contributed by atoms with E-state index in [1.54, 1.807) is 28.1 Å². The number of ether oxygens (including phenoxy) is 1. The van der Waals surface area contributed by atoms with Crippen LogP contribution in [0.5, 0.6) is 5.75 Å². The van der Waals surface area contributed by atoms with Crippen LogP contribution in [-0.2, 0) is 22.7 Å². The van der Waals surface area contributed by atoms with E-state index in [0.717, 1.165) is 36.2 Å². The second kappa shape index (κ2) is 11.9. The molecular formula is C30H32N4O4. The number of benzene rings is 2. The Hall–Kier alpha value is -4.20. The standard InChI is InChI=1S/C30H32N4O4/c35-28-8-5-19-33(28)25-13-11-23(12-14-25)30(37)34(27-7-2-4-18-32-29(27)36)20-22-9-15-26(16-10-22)38-21-24-6-1-3-17-31-24/h1,3,6,9-17,27H,2,4-5,7-8,18-21H2,(H,32,36)/t27-/m0/s1. The lowest BCUT2D eigenvalue weighted by Gasteiger charge is -2.30. The van der Waals surface area contributed by atoms with Crippen molar-refractivity contribution < 1.29 is 19.1 Å². The summed E-state index contributed by atoms with van der Waals surface area (Å²) in [5, 5.41) is 2.96. The molecule has 3 aromatic rings. The molecule has 8 nitrogen and oxygen atoms in total. The van der Waals surface area contributed by atoms with Gasteiger partial charge in [-0.1, -0.05) is 18.2 Å². The summed E-state index contributed by atoms with van der Waals surface area (Å²) in [6, 6.07) is 19.9. The molecule has 196 valence electrons. The minimum atomic E-state index is -0.551. The maximum absolute atomic E-state index is 13.8. The zero-order valence-corrected chi connectivity index (χ0v) is 21.3. The van der Waals surface area contributed by atoms with E-state index in [9.17, 15) is 14.4 Å². The molecule has 2 saturated heterocycles. The van der Waals surface area contributed by atoms with Crippen molar-refractivity contribution >= 4 is 23.4 Å². The average molecular weight is 513 g/mol. The van der Waals surface area contributed by atoms with E-state index < -0.39 is 6.04 Å². The van der Waals surface area contributed by atoms with Gasteiger partial charge in [0.25, 0.3) is 5.91 Å². The molecule has 1 atom stereocenters. The van der Waals surface area contributed by atoms with E-state index >= 15 is 0 Å². The van der Waals surface area contributed by atoms with Crippen molar-refractivity contribution in [3.8, 4) is 5.75 Å². The summed E-state index contributed by atoms with van der Waals surface area (Å²) >= 11 is 0. The van der Waals surface area contributed by atoms with E-state index in [4.69, 9.17) is 4.74 Å². The fourth-order valence-electron chi connectivity index (χ4n) is 4.94. The van der Waals surface area contributed by atoms with Crippen molar-refractivity contribution in [1.29, 1.82) is 0 Å². The summed E-state index contributed by atoms with van der Waals surface area (Å²) in [5.74, 6) is 0.483. The van der Waals surface area contributed by atoms with Crippen LogP contribution < -0.4 is 15.0 Å². The molecule has 0 aliphatic carbocycles. The van der Waals surface area contributed by atoms with Crippen LogP contribution in [0.15, 0.2) is 72.9 Å². The number of amides is 3. The van der Waals surface area contributed by atoms with Gasteiger partial charge in [-0.15, -0.1) is 0 Å². The van der Waals surface area contributed by atoms with Gasteiger partial charge in [-0.25, -0.2) is 0 Å². The Morgan fingerprint density at radius 1 is 1.00 bits per heavy atom. The van der Waals surface area contributed by atoms with E-state index in [2.05, 4.69) is 10.3 Å². The smallest absolute Gasteiger partial charge is 0.254 e. The Bertz CT molecular complexity index is 1260. The van der Waals surface area contributed by atoms with Crippen LogP contribution in [0.4, 0.5) is 5.69 Å². The molecule has 2 aliphatic heterocycles. The molecule has 1 aromatic heterocycles. The summed E-state index contributed by atoms with van der Waals surface area (Å²) in [6.07, 6.45) is 5.50. The molecule has 0 saturated carbocycles. The first kappa shape index (κ1) is 25.4. The van der Waals surface area contributed by atoms with Crippen molar-refractivity contribution in [2.75, 3.05) is 18.0 Å². The number of hydrogen-bond donors (Lipinski definition) is 1. The summed E-state index contributed by atoms with van der Waals surface area (Å²) in [5.41, 5.74) is 3.03. The van der Waals surface area contributed by atoms with Gasteiger partial charge in [0.1, 0.15) is 18.4 Å². The molecule has 0 bridgehead atoms. The Morgan fingerprint density at radius 3 is 2.53 bits per heavy atom. The van der Waals surface area contributed by atoms with E-state index in [1.807, 2.05) is 54.6 Å². The fraction of sp³-hybridized carbons (Fsp3) is 0.333. The topological polar surface area (TPSA) is 91.8 Å². The molecule has 2 fully saturated rings. The molecule has 0 unspecified atom stereocenters. The SMILES string of the molecule is O=C1NCCCC[C@@H]1N(Cc1ccc(OCc2ccccn2)cc1)C(=O)c1ccc(N2CCCC2=O)cc1. The summed E-state index contributed by atoms with van der Waals surface area (Å²) < 4.78 is 5.84. The number of nitrogens with one attached hydrogen (secondary N) is 1. The number of hydrogen-bond acceptors (Lipinski definition) is 5. The molecule has 5 rings (SSSR count). The third-order valence-electron chi connectivity index (χ3n) is 7.03. The number of aromatic nitrogens is 1. The zero-order valence-electron chi connectivity index (χ0n) is 21.3. The molecule has 1 N–H and O–H groups in total. The van der Waals surface area contributed by atoms with Gasteiger partial charge in [-0.05, 0) is 79.8 Å². The largest absolute Gasteiger partial charge is 0.487 e. The monoisotopic (exact) mass is 512 g/mol. The van der Waals surface area contributed by atoms with Gasteiger partial charge in [0.2, 0.25) is 11.8 Å². The molecule has 3 heterocycles. The Balaban J connectivity index is 1.33. The minimum Gasteiger partial charge on any atom is -0.487 e. The number of rotatable bonds is 8. The number of anilines is 1. The first-order valence-corrected chi connectivity index (χ1v) is 13.2. The van der Waals surface area contributed by atoms with Gasteiger partial charge in [0.15, 0.2) is 0 Å². The highest BCUT2D eigenvalue weighted by atomic mass is 16.5. The predicted octanol–water partition coefficient (Wildman–Crippen LogP) is 4.10. The minimum absolute atomic E-state index is 0.105. The van der Waals surface area contributed by atoms with Gasteiger partial charge >= 0.3 is 0 Å². The number of pyridine rings is 1. The highest BCUT2D eigenvalue weighted by molar-refractivity contribution is 5.99. The lowest BCUT2D eigenvalue weighted by Crippen LogP contribution is -2.48. The normalized spacial score (nSPS) is 17.6. The summed E-state index contributed by atoms with van der Waals surface area (Å²) in [4.78, 5) is 46.5. The number of carbonyl (C=O) groups is 3. The number of nitrogens with zero attached hydrogens (tertiary/aromatic N) is 3. The van der Waals surface area contributed by atoms with Gasteiger partial charge < -0.3 is 19.9 Å². The van der Waals surface area contributed by atoms with E-state index in [0.29, 0.717) is 50.4 Å². The quantitative estimate of drug-likeness (QED) is 0.491. The first-order chi connectivity index (χ1) is 18.6. The molecule has 38 heavy (non-hydrogen) atoms. The van der Waals surface area contributed by atoms with Gasteiger partial charge in [0.05, 0.1) is 5.69 Å². The summed E-state index contributed by atoms with van der Waals surface area (Å²) in [6.45, 7) is 1.98. The highest BCUT2D eigenvalue weighted by Gasteiger charge is 2.32. The molecule has 2 aliphatic rings. The highest BCUT2D eigenvalue weighted by Crippen LogP contribution is 2.25. The third-order valence-corrected chi connectivity index (χ3v) is 7.03. The lowest BCUT2D eigenvalue weighted by molar-refractivity contribution is -0.125. The number of carbonyl (C=O) groups excluding carboxylic acids is 3. The van der Waals surface area contributed by atoms with Crippen LogP contribution in [0.1, 0.15) is 53.7 Å². The second-order valence-corrected chi connectivity index (χ2v) is 9.69. The van der Waals surface area contributed by atoms with Crippen LogP contribution in [0.2, 0.25) is 0 Å². The first-order valence-electron chi connectivity index (χ1n) is 13.2. The Kier molecular flexibility index (Phi) is 7.97. The van der Waals surface area contributed by atoms with Crippen molar-refractivity contribution in [3.05, 3.63) is 89.7 Å². The van der Waals surface area contributed by atoms with Crippen LogP contribution in [0, 0.1) is 0 Å². The molecular weight excluding hydrogens is 480 g/mol. The second-order valence-electron chi connectivity index (χ2n) is 9.69.